The highest BCUT2D eigenvalue weighted by Crippen LogP contribution is 2.31. The van der Waals surface area contributed by atoms with Gasteiger partial charge in [0.1, 0.15) is 0 Å². The summed E-state index contributed by atoms with van der Waals surface area (Å²) in [6.45, 7) is 0. The second-order valence-electron chi connectivity index (χ2n) is 7.35. The first-order valence-electron chi connectivity index (χ1n) is 9.81. The third-order valence-corrected chi connectivity index (χ3v) is 5.08. The van der Waals surface area contributed by atoms with Gasteiger partial charge in [0, 0.05) is 0 Å². The van der Waals surface area contributed by atoms with Crippen LogP contribution in [-0.4, -0.2) is 11.8 Å². The van der Waals surface area contributed by atoms with Crippen LogP contribution in [0.15, 0.2) is 48.5 Å². The van der Waals surface area contributed by atoms with Gasteiger partial charge in [0.25, 0.3) is 11.8 Å². The Bertz CT molecular complexity index is 1460. The van der Waals surface area contributed by atoms with Crippen LogP contribution in [0.4, 0.5) is 46.5 Å². The minimum atomic E-state index is -2.23. The molecule has 0 fully saturated rings. The van der Waals surface area contributed by atoms with Gasteiger partial charge in [-0.25, -0.2) is 35.1 Å². The molecule has 2 amide bonds. The molecule has 0 radical (unpaired) electrons. The van der Waals surface area contributed by atoms with Crippen molar-refractivity contribution >= 4 is 34.0 Å². The Morgan fingerprint density at radius 3 is 1.22 bits per heavy atom. The van der Waals surface area contributed by atoms with Gasteiger partial charge in [-0.3, -0.25) is 9.59 Å². The first kappa shape index (κ1) is 24.6. The van der Waals surface area contributed by atoms with Gasteiger partial charge < -0.3 is 10.6 Å². The van der Waals surface area contributed by atoms with E-state index in [2.05, 4.69) is 10.6 Å². The highest BCUT2D eigenvalue weighted by atomic mass is 19.2. The highest BCUT2D eigenvalue weighted by Gasteiger charge is 2.26. The van der Waals surface area contributed by atoms with E-state index in [4.69, 9.17) is 0 Å². The molecule has 0 saturated carbocycles. The zero-order valence-corrected chi connectivity index (χ0v) is 17.5. The van der Waals surface area contributed by atoms with Crippen LogP contribution >= 0.6 is 0 Å². The number of benzene rings is 4. The Kier molecular flexibility index (Phi) is 6.35. The van der Waals surface area contributed by atoms with E-state index in [1.54, 1.807) is 24.3 Å². The number of nitrogens with one attached hydrogen (secondary N) is 2. The Hall–Kier alpha value is -4.48. The van der Waals surface area contributed by atoms with Crippen molar-refractivity contribution in [3.8, 4) is 0 Å². The number of hydrogen-bond donors (Lipinski definition) is 2. The summed E-state index contributed by atoms with van der Waals surface area (Å²) in [5.74, 6) is -19.3. The first-order chi connectivity index (χ1) is 17.0. The molecule has 0 aromatic heterocycles. The lowest BCUT2D eigenvalue weighted by molar-refractivity contribution is 0.101. The molecule has 4 nitrogen and oxygen atoms in total. The molecule has 0 unspecified atom stereocenters. The summed E-state index contributed by atoms with van der Waals surface area (Å²) in [6, 6.07) is 8.99. The van der Waals surface area contributed by atoms with E-state index in [9.17, 15) is 44.7 Å². The number of amides is 2. The second-order valence-corrected chi connectivity index (χ2v) is 7.35. The van der Waals surface area contributed by atoms with Crippen molar-refractivity contribution < 1.29 is 44.7 Å². The molecule has 0 aliphatic carbocycles. The molecule has 0 saturated heterocycles. The standard InChI is InChI=1S/C24H10F8N2O2/c25-13-7-11(17(27)21(31)19(13)29)23(35)33-15-5-9-3-1-2-4-10(9)6-16(15)34-24(36)12-8-14(26)20(30)22(32)18(12)28/h1-8H,(H,33,35)(H,34,36). The molecule has 0 atom stereocenters. The Morgan fingerprint density at radius 2 is 0.861 bits per heavy atom. The van der Waals surface area contributed by atoms with E-state index in [1.807, 2.05) is 0 Å². The minimum absolute atomic E-state index is 0.113. The van der Waals surface area contributed by atoms with Gasteiger partial charge >= 0.3 is 0 Å². The van der Waals surface area contributed by atoms with E-state index < -0.39 is 69.5 Å². The third-order valence-electron chi connectivity index (χ3n) is 5.08. The molecule has 0 aliphatic heterocycles. The van der Waals surface area contributed by atoms with Crippen molar-refractivity contribution in [1.82, 2.24) is 0 Å². The smallest absolute Gasteiger partial charge is 0.258 e. The lowest BCUT2D eigenvalue weighted by Crippen LogP contribution is -2.20. The van der Waals surface area contributed by atoms with Crippen LogP contribution < -0.4 is 10.6 Å². The summed E-state index contributed by atoms with van der Waals surface area (Å²) in [6.07, 6.45) is 0. The average Bonchev–Trinajstić information content (AvgIpc) is 2.85. The average molecular weight is 510 g/mol. The van der Waals surface area contributed by atoms with E-state index in [1.165, 1.54) is 12.1 Å². The van der Waals surface area contributed by atoms with Crippen LogP contribution in [0.5, 0.6) is 0 Å². The molecule has 0 aliphatic rings. The monoisotopic (exact) mass is 510 g/mol. The van der Waals surface area contributed by atoms with Gasteiger partial charge in [-0.1, -0.05) is 24.3 Å². The van der Waals surface area contributed by atoms with Crippen molar-refractivity contribution in [1.29, 1.82) is 0 Å². The van der Waals surface area contributed by atoms with Crippen LogP contribution in [0, 0.1) is 46.5 Å². The zero-order valence-electron chi connectivity index (χ0n) is 17.5. The molecule has 184 valence electrons. The fourth-order valence-electron chi connectivity index (χ4n) is 3.30. The van der Waals surface area contributed by atoms with Gasteiger partial charge in [0.15, 0.2) is 46.5 Å². The molecule has 0 heterocycles. The molecule has 36 heavy (non-hydrogen) atoms. The third kappa shape index (κ3) is 4.32. The summed E-state index contributed by atoms with van der Waals surface area (Å²) in [4.78, 5) is 25.1. The van der Waals surface area contributed by atoms with E-state index in [0.29, 0.717) is 10.8 Å². The topological polar surface area (TPSA) is 58.2 Å². The Morgan fingerprint density at radius 1 is 0.500 bits per heavy atom. The van der Waals surface area contributed by atoms with Crippen LogP contribution in [-0.2, 0) is 0 Å². The van der Waals surface area contributed by atoms with Crippen molar-refractivity contribution in [3.05, 3.63) is 106 Å². The second kappa shape index (κ2) is 9.29. The van der Waals surface area contributed by atoms with Gasteiger partial charge in [-0.05, 0) is 35.0 Å². The molecular weight excluding hydrogens is 500 g/mol. The van der Waals surface area contributed by atoms with Crippen molar-refractivity contribution in [2.75, 3.05) is 10.6 Å². The summed E-state index contributed by atoms with van der Waals surface area (Å²) in [5.41, 5.74) is -3.07. The van der Waals surface area contributed by atoms with Crippen LogP contribution in [0.3, 0.4) is 0 Å². The van der Waals surface area contributed by atoms with Gasteiger partial charge in [-0.2, -0.15) is 0 Å². The summed E-state index contributed by atoms with van der Waals surface area (Å²) < 4.78 is 109. The number of hydrogen-bond acceptors (Lipinski definition) is 2. The van der Waals surface area contributed by atoms with Crippen LogP contribution in [0.2, 0.25) is 0 Å². The van der Waals surface area contributed by atoms with E-state index in [0.717, 1.165) is 0 Å². The summed E-state index contributed by atoms with van der Waals surface area (Å²) in [7, 11) is 0. The number of anilines is 2. The molecule has 4 rings (SSSR count). The number of fused-ring (bicyclic) bond motifs is 1. The number of rotatable bonds is 4. The maximum Gasteiger partial charge on any atom is 0.258 e. The fraction of sp³-hybridized carbons (Fsp3) is 0. The van der Waals surface area contributed by atoms with Crippen molar-refractivity contribution in [2.45, 2.75) is 0 Å². The molecule has 12 heteroatoms. The SMILES string of the molecule is O=C(Nc1cc2ccccc2cc1NC(=O)c1cc(F)c(F)c(F)c1F)c1cc(F)c(F)c(F)c1F. The maximum atomic E-state index is 14.1. The van der Waals surface area contributed by atoms with Crippen molar-refractivity contribution in [2.24, 2.45) is 0 Å². The van der Waals surface area contributed by atoms with Crippen LogP contribution in [0.1, 0.15) is 20.7 Å². The van der Waals surface area contributed by atoms with Gasteiger partial charge in [0.05, 0.1) is 22.5 Å². The van der Waals surface area contributed by atoms with E-state index in [-0.39, 0.29) is 23.5 Å². The van der Waals surface area contributed by atoms with Gasteiger partial charge in [0.2, 0.25) is 0 Å². The minimum Gasteiger partial charge on any atom is -0.320 e. The summed E-state index contributed by atoms with van der Waals surface area (Å²) in [5, 5.41) is 5.05. The largest absolute Gasteiger partial charge is 0.320 e. The quantitative estimate of drug-likeness (QED) is 0.188. The predicted molar refractivity (Wildman–Crippen MR) is 112 cm³/mol. The number of halogens is 8. The van der Waals surface area contributed by atoms with E-state index >= 15 is 0 Å². The van der Waals surface area contributed by atoms with Crippen LogP contribution in [0.25, 0.3) is 10.8 Å². The van der Waals surface area contributed by atoms with Gasteiger partial charge in [-0.15, -0.1) is 0 Å². The lowest BCUT2D eigenvalue weighted by Gasteiger charge is -2.15. The molecule has 0 spiro atoms. The number of carbonyl (C=O) groups excluding carboxylic acids is 2. The lowest BCUT2D eigenvalue weighted by atomic mass is 10.1. The summed E-state index contributed by atoms with van der Waals surface area (Å²) >= 11 is 0. The predicted octanol–water partition coefficient (Wildman–Crippen LogP) is 6.46. The Balaban J connectivity index is 1.77. The Labute approximate surface area is 196 Å². The maximum absolute atomic E-state index is 14.1. The first-order valence-corrected chi connectivity index (χ1v) is 9.81. The normalized spacial score (nSPS) is 11.0. The molecule has 2 N–H and O–H groups in total. The molecule has 4 aromatic rings. The molecule has 0 bridgehead atoms. The zero-order chi connectivity index (χ0) is 26.3. The molecule has 4 aromatic carbocycles. The van der Waals surface area contributed by atoms with Crippen molar-refractivity contribution in [3.63, 3.8) is 0 Å². The number of carbonyl (C=O) groups is 2. The highest BCUT2D eigenvalue weighted by molar-refractivity contribution is 6.12. The fourth-order valence-corrected chi connectivity index (χ4v) is 3.30. The molecular formula is C24H10F8N2O2.